The molecule has 13 heavy (non-hydrogen) atoms. The number of imidazole rings is 1. The van der Waals surface area contributed by atoms with Gasteiger partial charge in [-0.25, -0.2) is 0 Å². The highest BCUT2D eigenvalue weighted by atomic mass is 35.5. The first kappa shape index (κ1) is 9.73. The Morgan fingerprint density at radius 1 is 1.85 bits per heavy atom. The Balaban J connectivity index is 2.83. The summed E-state index contributed by atoms with van der Waals surface area (Å²) in [6, 6.07) is 0. The molecule has 0 saturated carbocycles. The zero-order chi connectivity index (χ0) is 9.84. The Morgan fingerprint density at radius 3 is 3.00 bits per heavy atom. The second-order valence-electron chi connectivity index (χ2n) is 2.40. The molecule has 0 saturated heterocycles. The number of halogens is 1. The van der Waals surface area contributed by atoms with Crippen molar-refractivity contribution in [1.82, 2.24) is 9.55 Å². The van der Waals surface area contributed by atoms with Gasteiger partial charge in [0.25, 0.3) is 0 Å². The van der Waals surface area contributed by atoms with Crippen molar-refractivity contribution >= 4 is 17.4 Å². The van der Waals surface area contributed by atoms with Crippen molar-refractivity contribution in [1.29, 1.82) is 0 Å². The fourth-order valence-corrected chi connectivity index (χ4v) is 1.08. The van der Waals surface area contributed by atoms with Gasteiger partial charge in [0, 0.05) is 6.54 Å². The third kappa shape index (κ3) is 2.29. The van der Waals surface area contributed by atoms with Crippen LogP contribution < -0.4 is 0 Å². The third-order valence-electron chi connectivity index (χ3n) is 1.48. The summed E-state index contributed by atoms with van der Waals surface area (Å²) in [5.74, 6) is -0.228. The predicted octanol–water partition coefficient (Wildman–Crippen LogP) is 2.02. The highest BCUT2D eigenvalue weighted by Gasteiger charge is 2.15. The van der Waals surface area contributed by atoms with E-state index in [9.17, 15) is 10.1 Å². The van der Waals surface area contributed by atoms with Crippen molar-refractivity contribution in [2.75, 3.05) is 0 Å². The van der Waals surface area contributed by atoms with Gasteiger partial charge in [-0.15, -0.1) is 6.58 Å². The smallest absolute Gasteiger partial charge is 0.358 e. The molecule has 5 nitrogen and oxygen atoms in total. The molecule has 70 valence electrons. The van der Waals surface area contributed by atoms with Crippen molar-refractivity contribution < 1.29 is 4.92 Å². The lowest BCUT2D eigenvalue weighted by Crippen LogP contribution is -1.94. The summed E-state index contributed by atoms with van der Waals surface area (Å²) in [5, 5.41) is 10.4. The van der Waals surface area contributed by atoms with Gasteiger partial charge in [0.2, 0.25) is 0 Å². The molecule has 0 aliphatic heterocycles. The maximum absolute atomic E-state index is 10.3. The molecular formula is C7H8ClN3O2. The van der Waals surface area contributed by atoms with Crippen LogP contribution in [0.3, 0.4) is 0 Å². The summed E-state index contributed by atoms with van der Waals surface area (Å²) in [6.45, 7) is 4.10. The number of hydrogen-bond donors (Lipinski definition) is 0. The number of allylic oxidation sites excluding steroid dienone is 1. The quantitative estimate of drug-likeness (QED) is 0.425. The number of aromatic nitrogens is 2. The zero-order valence-corrected chi connectivity index (χ0v) is 7.57. The summed E-state index contributed by atoms with van der Waals surface area (Å²) >= 11 is 5.64. The van der Waals surface area contributed by atoms with Crippen molar-refractivity contribution in [2.24, 2.45) is 0 Å². The lowest BCUT2D eigenvalue weighted by atomic mass is 10.4. The van der Waals surface area contributed by atoms with Crippen molar-refractivity contribution in [3.8, 4) is 0 Å². The molecule has 1 aromatic heterocycles. The van der Waals surface area contributed by atoms with Crippen LogP contribution in [0.2, 0.25) is 5.28 Å². The van der Waals surface area contributed by atoms with Crippen molar-refractivity contribution in [3.63, 3.8) is 0 Å². The average molecular weight is 202 g/mol. The maximum Gasteiger partial charge on any atom is 0.383 e. The maximum atomic E-state index is 10.3. The molecule has 0 radical (unpaired) electrons. The van der Waals surface area contributed by atoms with Crippen molar-refractivity contribution in [3.05, 3.63) is 34.2 Å². The van der Waals surface area contributed by atoms with E-state index in [1.807, 2.05) is 0 Å². The first-order chi connectivity index (χ1) is 6.15. The van der Waals surface area contributed by atoms with Crippen molar-refractivity contribution in [2.45, 2.75) is 13.0 Å². The molecule has 0 aromatic carbocycles. The number of aryl methyl sites for hydroxylation is 1. The van der Waals surface area contributed by atoms with Crippen LogP contribution in [0.25, 0.3) is 0 Å². The van der Waals surface area contributed by atoms with Gasteiger partial charge in [-0.05, 0) is 27.9 Å². The lowest BCUT2D eigenvalue weighted by molar-refractivity contribution is -0.389. The topological polar surface area (TPSA) is 61.0 Å². The van der Waals surface area contributed by atoms with Crippen LogP contribution in [0.15, 0.2) is 18.9 Å². The molecule has 0 atom stereocenters. The van der Waals surface area contributed by atoms with E-state index in [1.165, 1.54) is 10.8 Å². The molecular weight excluding hydrogens is 194 g/mol. The molecule has 0 bridgehead atoms. The fraction of sp³-hybridized carbons (Fsp3) is 0.286. The van der Waals surface area contributed by atoms with Crippen LogP contribution in [-0.2, 0) is 6.54 Å². The Morgan fingerprint density at radius 2 is 2.54 bits per heavy atom. The van der Waals surface area contributed by atoms with E-state index in [1.54, 1.807) is 6.08 Å². The van der Waals surface area contributed by atoms with Gasteiger partial charge < -0.3 is 10.1 Å². The van der Waals surface area contributed by atoms with Crippen LogP contribution in [0.4, 0.5) is 5.82 Å². The van der Waals surface area contributed by atoms with Gasteiger partial charge in [-0.2, -0.15) is 0 Å². The van der Waals surface area contributed by atoms with Gasteiger partial charge in [0.05, 0.1) is 0 Å². The first-order valence-corrected chi connectivity index (χ1v) is 4.01. The molecule has 6 heteroatoms. The van der Waals surface area contributed by atoms with Gasteiger partial charge in [-0.1, -0.05) is 6.08 Å². The van der Waals surface area contributed by atoms with Crippen LogP contribution in [-0.4, -0.2) is 14.5 Å². The summed E-state index contributed by atoms with van der Waals surface area (Å²) in [7, 11) is 0. The molecule has 0 aliphatic carbocycles. The summed E-state index contributed by atoms with van der Waals surface area (Å²) in [5.41, 5.74) is 0. The molecule has 0 amide bonds. The first-order valence-electron chi connectivity index (χ1n) is 3.63. The highest BCUT2D eigenvalue weighted by Crippen LogP contribution is 2.15. The molecule has 0 spiro atoms. The van der Waals surface area contributed by atoms with E-state index in [0.717, 1.165) is 0 Å². The SMILES string of the molecule is C=CCCn1cc([N+](=O)[O-])nc1Cl. The molecule has 0 aliphatic rings. The van der Waals surface area contributed by atoms with Crippen LogP contribution in [0.1, 0.15) is 6.42 Å². The lowest BCUT2D eigenvalue weighted by Gasteiger charge is -1.95. The van der Waals surface area contributed by atoms with E-state index < -0.39 is 4.92 Å². The van der Waals surface area contributed by atoms with E-state index in [0.29, 0.717) is 13.0 Å². The normalized spacial score (nSPS) is 9.92. The summed E-state index contributed by atoms with van der Waals surface area (Å²) in [4.78, 5) is 13.3. The minimum atomic E-state index is -0.573. The van der Waals surface area contributed by atoms with E-state index in [4.69, 9.17) is 11.6 Å². The molecule has 1 rings (SSSR count). The number of nitrogens with zero attached hydrogens (tertiary/aromatic N) is 3. The Hall–Kier alpha value is -1.36. The molecule has 0 fully saturated rings. The zero-order valence-electron chi connectivity index (χ0n) is 6.81. The van der Waals surface area contributed by atoms with Gasteiger partial charge in [0.15, 0.2) is 0 Å². The minimum absolute atomic E-state index is 0.133. The highest BCUT2D eigenvalue weighted by molar-refractivity contribution is 6.28. The van der Waals surface area contributed by atoms with Gasteiger partial charge in [-0.3, -0.25) is 4.57 Å². The standard InChI is InChI=1S/C7H8ClN3O2/c1-2-3-4-10-5-6(11(12)13)9-7(10)8/h2,5H,1,3-4H2. The van der Waals surface area contributed by atoms with Gasteiger partial charge in [0.1, 0.15) is 6.20 Å². The molecule has 1 aromatic rings. The number of nitro groups is 1. The summed E-state index contributed by atoms with van der Waals surface area (Å²) in [6.07, 6.45) is 3.72. The molecule has 0 N–H and O–H groups in total. The Labute approximate surface area is 79.8 Å². The average Bonchev–Trinajstić information content (AvgIpc) is 2.44. The van der Waals surface area contributed by atoms with Gasteiger partial charge >= 0.3 is 11.1 Å². The number of hydrogen-bond acceptors (Lipinski definition) is 3. The largest absolute Gasteiger partial charge is 0.383 e. The predicted molar refractivity (Wildman–Crippen MR) is 48.7 cm³/mol. The summed E-state index contributed by atoms with van der Waals surface area (Å²) < 4.78 is 1.52. The third-order valence-corrected chi connectivity index (χ3v) is 1.78. The fourth-order valence-electron chi connectivity index (χ4n) is 0.855. The van der Waals surface area contributed by atoms with E-state index >= 15 is 0 Å². The Kier molecular flexibility index (Phi) is 3.02. The molecule has 0 unspecified atom stereocenters. The molecule has 1 heterocycles. The minimum Gasteiger partial charge on any atom is -0.358 e. The van der Waals surface area contributed by atoms with Crippen LogP contribution in [0.5, 0.6) is 0 Å². The number of rotatable bonds is 4. The van der Waals surface area contributed by atoms with Crippen LogP contribution >= 0.6 is 11.6 Å². The second kappa shape index (κ2) is 4.04. The van der Waals surface area contributed by atoms with E-state index in [2.05, 4.69) is 11.6 Å². The Bertz CT molecular complexity index is 334. The second-order valence-corrected chi connectivity index (χ2v) is 2.73. The van der Waals surface area contributed by atoms with Crippen LogP contribution in [0, 0.1) is 10.1 Å². The monoisotopic (exact) mass is 201 g/mol. The van der Waals surface area contributed by atoms with E-state index in [-0.39, 0.29) is 11.1 Å².